The normalized spacial score (nSPS) is 21.6. The molecule has 1 atom stereocenters. The van der Waals surface area contributed by atoms with E-state index in [-0.39, 0.29) is 24.4 Å². The lowest BCUT2D eigenvalue weighted by atomic mass is 9.77. The van der Waals surface area contributed by atoms with Gasteiger partial charge in [-0.15, -0.1) is 12.3 Å². The van der Waals surface area contributed by atoms with Crippen LogP contribution in [0.4, 0.5) is 0 Å². The van der Waals surface area contributed by atoms with Crippen LogP contribution in [0.3, 0.4) is 0 Å². The van der Waals surface area contributed by atoms with E-state index in [0.717, 1.165) is 0 Å². The van der Waals surface area contributed by atoms with Crippen molar-refractivity contribution in [3.05, 3.63) is 11.6 Å². The van der Waals surface area contributed by atoms with Gasteiger partial charge in [-0.3, -0.25) is 9.59 Å². The number of hydrogen-bond acceptors (Lipinski definition) is 5. The highest BCUT2D eigenvalue weighted by atomic mass is 16.6. The highest BCUT2D eigenvalue weighted by Crippen LogP contribution is 2.34. The third-order valence-electron chi connectivity index (χ3n) is 3.20. The Morgan fingerprint density at radius 1 is 1.41 bits per heavy atom. The van der Waals surface area contributed by atoms with Crippen molar-refractivity contribution >= 4 is 17.7 Å². The van der Waals surface area contributed by atoms with E-state index in [4.69, 9.17) is 15.9 Å². The molecule has 0 amide bonds. The maximum absolute atomic E-state index is 12.2. The van der Waals surface area contributed by atoms with E-state index < -0.39 is 23.0 Å². The number of Topliss-reactive ketones (excluding diaryl/α,β-unsaturated/α-hetero) is 1. The average Bonchev–Trinajstić information content (AvgIpc) is 2.40. The van der Waals surface area contributed by atoms with Crippen LogP contribution in [0.5, 0.6) is 0 Å². The molecule has 1 aliphatic carbocycles. The lowest BCUT2D eigenvalue weighted by Crippen LogP contribution is -2.36. The fourth-order valence-corrected chi connectivity index (χ4v) is 2.01. The number of esters is 2. The molecule has 1 aliphatic rings. The summed E-state index contributed by atoms with van der Waals surface area (Å²) in [4.78, 5) is 36.2. The molecule has 5 nitrogen and oxygen atoms in total. The second kappa shape index (κ2) is 6.78. The van der Waals surface area contributed by atoms with Gasteiger partial charge in [0.15, 0.2) is 5.78 Å². The highest BCUT2D eigenvalue weighted by Gasteiger charge is 2.40. The summed E-state index contributed by atoms with van der Waals surface area (Å²) >= 11 is 0. The summed E-state index contributed by atoms with van der Waals surface area (Å²) in [6.07, 6.45) is 7.20. The number of terminal acetylenes is 1. The Hall–Kier alpha value is -2.09. The summed E-state index contributed by atoms with van der Waals surface area (Å²) in [6.45, 7) is 6.90. The van der Waals surface area contributed by atoms with Gasteiger partial charge in [0.1, 0.15) is 12.2 Å². The third-order valence-corrected chi connectivity index (χ3v) is 3.20. The maximum Gasteiger partial charge on any atom is 0.341 e. The van der Waals surface area contributed by atoms with Crippen LogP contribution in [-0.4, -0.2) is 29.9 Å². The summed E-state index contributed by atoms with van der Waals surface area (Å²) in [5, 5.41) is 0. The summed E-state index contributed by atoms with van der Waals surface area (Å²) in [6, 6.07) is 0. The van der Waals surface area contributed by atoms with Crippen LogP contribution in [0.1, 0.15) is 47.0 Å². The number of carbonyl (C=O) groups excluding carboxylic acids is 3. The molecule has 0 unspecified atom stereocenters. The minimum Gasteiger partial charge on any atom is -0.464 e. The van der Waals surface area contributed by atoms with Crippen LogP contribution < -0.4 is 0 Å². The molecule has 0 heterocycles. The van der Waals surface area contributed by atoms with Crippen LogP contribution in [0, 0.1) is 17.8 Å². The van der Waals surface area contributed by atoms with Gasteiger partial charge in [0.05, 0.1) is 11.0 Å². The highest BCUT2D eigenvalue weighted by molar-refractivity contribution is 6.18. The van der Waals surface area contributed by atoms with Gasteiger partial charge in [0.2, 0.25) is 0 Å². The molecule has 0 saturated carbocycles. The van der Waals surface area contributed by atoms with Crippen LogP contribution in [-0.2, 0) is 23.9 Å². The van der Waals surface area contributed by atoms with Crippen molar-refractivity contribution in [1.82, 2.24) is 0 Å². The molecule has 5 heteroatoms. The van der Waals surface area contributed by atoms with Gasteiger partial charge in [-0.25, -0.2) is 4.79 Å². The monoisotopic (exact) mass is 306 g/mol. The first-order valence-corrected chi connectivity index (χ1v) is 7.19. The predicted molar refractivity (Wildman–Crippen MR) is 80.7 cm³/mol. The Bertz CT molecular complexity index is 544. The Kier molecular flexibility index (Phi) is 5.54. The second-order valence-corrected chi connectivity index (χ2v) is 6.49. The molecule has 0 aromatic carbocycles. The minimum atomic E-state index is -1.02. The Morgan fingerprint density at radius 3 is 2.59 bits per heavy atom. The van der Waals surface area contributed by atoms with Gasteiger partial charge in [-0.1, -0.05) is 0 Å². The third kappa shape index (κ3) is 4.73. The quantitative estimate of drug-likeness (QED) is 0.345. The average molecular weight is 306 g/mol. The standard InChI is InChI=1S/C17H22O5/c1-6-7-10-21-15(20)17(5)9-8-13(18)12(11-17)14(19)22-16(2,3)4/h1,11H,7-10H2,2-5H3/t17-/m0/s1. The summed E-state index contributed by atoms with van der Waals surface area (Å²) in [7, 11) is 0. The molecule has 0 radical (unpaired) electrons. The van der Waals surface area contributed by atoms with Gasteiger partial charge in [0, 0.05) is 12.8 Å². The first kappa shape index (κ1) is 18.0. The van der Waals surface area contributed by atoms with E-state index in [1.807, 2.05) is 0 Å². The fraction of sp³-hybridized carbons (Fsp3) is 0.588. The number of rotatable bonds is 4. The first-order valence-electron chi connectivity index (χ1n) is 7.19. The van der Waals surface area contributed by atoms with Crippen LogP contribution in [0.2, 0.25) is 0 Å². The zero-order valence-corrected chi connectivity index (χ0v) is 13.5. The Morgan fingerprint density at radius 2 is 2.05 bits per heavy atom. The van der Waals surface area contributed by atoms with Crippen molar-refractivity contribution in [2.24, 2.45) is 5.41 Å². The van der Waals surface area contributed by atoms with Crippen molar-refractivity contribution in [2.45, 2.75) is 52.6 Å². The Labute approximate surface area is 131 Å². The van der Waals surface area contributed by atoms with E-state index in [1.54, 1.807) is 27.7 Å². The molecule has 0 bridgehead atoms. The van der Waals surface area contributed by atoms with Crippen molar-refractivity contribution in [2.75, 3.05) is 6.61 Å². The molecule has 0 aromatic heterocycles. The summed E-state index contributed by atoms with van der Waals surface area (Å²) in [5.74, 6) is 0.863. The van der Waals surface area contributed by atoms with Gasteiger partial charge in [-0.05, 0) is 40.2 Å². The maximum atomic E-state index is 12.2. The molecule has 0 aromatic rings. The predicted octanol–water partition coefficient (Wildman–Crippen LogP) is 2.19. The molecule has 0 spiro atoms. The molecular formula is C17H22O5. The van der Waals surface area contributed by atoms with E-state index >= 15 is 0 Å². The van der Waals surface area contributed by atoms with Crippen molar-refractivity contribution in [3.63, 3.8) is 0 Å². The molecule has 0 N–H and O–H groups in total. The van der Waals surface area contributed by atoms with Crippen molar-refractivity contribution < 1.29 is 23.9 Å². The molecular weight excluding hydrogens is 284 g/mol. The second-order valence-electron chi connectivity index (χ2n) is 6.49. The number of carbonyl (C=O) groups is 3. The minimum absolute atomic E-state index is 0.0856. The topological polar surface area (TPSA) is 69.7 Å². The van der Waals surface area contributed by atoms with Crippen LogP contribution >= 0.6 is 0 Å². The van der Waals surface area contributed by atoms with Crippen LogP contribution in [0.25, 0.3) is 0 Å². The molecule has 22 heavy (non-hydrogen) atoms. The van der Waals surface area contributed by atoms with Gasteiger partial charge in [0.25, 0.3) is 0 Å². The molecule has 0 fully saturated rings. The molecule has 1 rings (SSSR count). The van der Waals surface area contributed by atoms with E-state index in [2.05, 4.69) is 5.92 Å². The number of ketones is 1. The molecule has 120 valence electrons. The van der Waals surface area contributed by atoms with Gasteiger partial charge < -0.3 is 9.47 Å². The van der Waals surface area contributed by atoms with Gasteiger partial charge >= 0.3 is 11.9 Å². The Balaban J connectivity index is 2.94. The van der Waals surface area contributed by atoms with Crippen molar-refractivity contribution in [1.29, 1.82) is 0 Å². The largest absolute Gasteiger partial charge is 0.464 e. The van der Waals surface area contributed by atoms with E-state index in [0.29, 0.717) is 12.8 Å². The molecule has 0 aliphatic heterocycles. The molecule has 0 saturated heterocycles. The van der Waals surface area contributed by atoms with E-state index in [9.17, 15) is 14.4 Å². The van der Waals surface area contributed by atoms with Crippen molar-refractivity contribution in [3.8, 4) is 12.3 Å². The lowest BCUT2D eigenvalue weighted by Gasteiger charge is -2.29. The first-order chi connectivity index (χ1) is 10.1. The van der Waals surface area contributed by atoms with E-state index in [1.165, 1.54) is 6.08 Å². The number of ether oxygens (including phenoxy) is 2. The zero-order chi connectivity index (χ0) is 17.0. The van der Waals surface area contributed by atoms with Gasteiger partial charge in [-0.2, -0.15) is 0 Å². The lowest BCUT2D eigenvalue weighted by molar-refractivity contribution is -0.153. The summed E-state index contributed by atoms with van der Waals surface area (Å²) < 4.78 is 10.3. The zero-order valence-electron chi connectivity index (χ0n) is 13.5. The number of hydrogen-bond donors (Lipinski definition) is 0. The summed E-state index contributed by atoms with van der Waals surface area (Å²) in [5.41, 5.74) is -1.81. The SMILES string of the molecule is C#CCCOC(=O)[C@]1(C)C=C(C(=O)OC(C)(C)C)C(=O)CC1. The smallest absolute Gasteiger partial charge is 0.341 e. The fourth-order valence-electron chi connectivity index (χ4n) is 2.01. The van der Waals surface area contributed by atoms with Crippen LogP contribution in [0.15, 0.2) is 11.6 Å².